The lowest BCUT2D eigenvalue weighted by Crippen LogP contribution is -2.43. The zero-order chi connectivity index (χ0) is 15.9. The Bertz CT molecular complexity index is 615. The number of nitrogens with one attached hydrogen (secondary N) is 1. The molecule has 3 aliphatic rings. The molecule has 1 atom stereocenters. The second-order valence-electron chi connectivity index (χ2n) is 7.03. The molecule has 0 radical (unpaired) electrons. The van der Waals surface area contributed by atoms with Crippen LogP contribution in [0.5, 0.6) is 0 Å². The van der Waals surface area contributed by atoms with Crippen LogP contribution >= 0.6 is 24.2 Å². The number of thioether (sulfide) groups is 1. The molecule has 1 spiro atoms. The molecule has 1 aliphatic carbocycles. The Morgan fingerprint density at radius 2 is 2.17 bits per heavy atom. The third-order valence-electron chi connectivity index (χ3n) is 5.55. The van der Waals surface area contributed by atoms with Gasteiger partial charge in [-0.15, -0.1) is 12.4 Å². The van der Waals surface area contributed by atoms with Gasteiger partial charge in [0, 0.05) is 48.0 Å². The van der Waals surface area contributed by atoms with Crippen LogP contribution in [0.15, 0.2) is 18.2 Å². The number of amides is 1. The van der Waals surface area contributed by atoms with Crippen LogP contribution in [0.25, 0.3) is 0 Å². The fourth-order valence-electron chi connectivity index (χ4n) is 4.48. The van der Waals surface area contributed by atoms with Crippen molar-refractivity contribution in [2.45, 2.75) is 43.6 Å². The van der Waals surface area contributed by atoms with Gasteiger partial charge in [0.2, 0.25) is 5.91 Å². The van der Waals surface area contributed by atoms with Gasteiger partial charge in [-0.3, -0.25) is 4.79 Å². The molecular weight excluding hydrogens is 347 g/mol. The third-order valence-corrected chi connectivity index (χ3v) is 6.69. The maximum atomic E-state index is 14.5. The molecular formula is C18H24ClFN2OS. The van der Waals surface area contributed by atoms with Crippen LogP contribution in [0.3, 0.4) is 0 Å². The minimum Gasteiger partial charge on any atom is -0.312 e. The minimum absolute atomic E-state index is 0. The summed E-state index contributed by atoms with van der Waals surface area (Å²) in [6.45, 7) is 1.64. The molecule has 2 fully saturated rings. The van der Waals surface area contributed by atoms with Crippen LogP contribution in [0, 0.1) is 5.82 Å². The van der Waals surface area contributed by atoms with Crippen LogP contribution in [0.1, 0.15) is 37.7 Å². The molecule has 1 aromatic carbocycles. The highest BCUT2D eigenvalue weighted by atomic mass is 35.5. The Morgan fingerprint density at radius 1 is 1.38 bits per heavy atom. The second-order valence-corrected chi connectivity index (χ2v) is 8.18. The van der Waals surface area contributed by atoms with Crippen LogP contribution < -0.4 is 10.2 Å². The molecule has 4 rings (SSSR count). The van der Waals surface area contributed by atoms with Crippen LogP contribution in [0.2, 0.25) is 0 Å². The van der Waals surface area contributed by atoms with E-state index < -0.39 is 0 Å². The molecule has 1 saturated heterocycles. The Kier molecular flexibility index (Phi) is 5.42. The maximum absolute atomic E-state index is 14.5. The number of anilines is 1. The first-order valence-corrected chi connectivity index (χ1v) is 9.76. The number of benzene rings is 1. The zero-order valence-electron chi connectivity index (χ0n) is 13.7. The van der Waals surface area contributed by atoms with E-state index in [1.165, 1.54) is 0 Å². The topological polar surface area (TPSA) is 32.3 Å². The normalized spacial score (nSPS) is 24.7. The number of hydrogen-bond acceptors (Lipinski definition) is 3. The highest BCUT2D eigenvalue weighted by Gasteiger charge is 2.48. The first kappa shape index (κ1) is 18.0. The van der Waals surface area contributed by atoms with Gasteiger partial charge in [0.1, 0.15) is 5.82 Å². The van der Waals surface area contributed by atoms with E-state index in [2.05, 4.69) is 5.32 Å². The predicted octanol–water partition coefficient (Wildman–Crippen LogP) is 3.50. The van der Waals surface area contributed by atoms with E-state index in [1.807, 2.05) is 22.7 Å². The van der Waals surface area contributed by atoms with Crippen LogP contribution in [-0.4, -0.2) is 36.5 Å². The van der Waals surface area contributed by atoms with Gasteiger partial charge in [-0.1, -0.05) is 18.9 Å². The van der Waals surface area contributed by atoms with Crippen molar-refractivity contribution in [3.8, 4) is 0 Å². The van der Waals surface area contributed by atoms with Crippen molar-refractivity contribution in [1.82, 2.24) is 5.32 Å². The number of fused-ring (bicyclic) bond motifs is 2. The standard InChI is InChI=1S/C18H23FN2OS.ClH/c19-14-4-3-5-15-17(14)18(6-1-2-7-18)12-21(15)16(22)10-13-11-23-9-8-20-13;/h3-5,13,20H,1-2,6-12H2;1H. The Hall–Kier alpha value is -0.780. The van der Waals surface area contributed by atoms with Gasteiger partial charge in [0.15, 0.2) is 0 Å². The van der Waals surface area contributed by atoms with Crippen LogP contribution in [-0.2, 0) is 10.2 Å². The average molecular weight is 371 g/mol. The molecule has 24 heavy (non-hydrogen) atoms. The van der Waals surface area contributed by atoms with Crippen molar-refractivity contribution in [3.63, 3.8) is 0 Å². The number of nitrogens with zero attached hydrogens (tertiary/aromatic N) is 1. The number of halogens is 2. The molecule has 6 heteroatoms. The number of rotatable bonds is 2. The molecule has 0 aromatic heterocycles. The van der Waals surface area contributed by atoms with Gasteiger partial charge in [0.05, 0.1) is 5.69 Å². The Labute approximate surface area is 153 Å². The lowest BCUT2D eigenvalue weighted by molar-refractivity contribution is -0.119. The number of carbonyl (C=O) groups excluding carboxylic acids is 1. The highest BCUT2D eigenvalue weighted by molar-refractivity contribution is 7.99. The van der Waals surface area contributed by atoms with E-state index in [9.17, 15) is 9.18 Å². The van der Waals surface area contributed by atoms with Crippen molar-refractivity contribution in [2.75, 3.05) is 29.5 Å². The molecule has 1 saturated carbocycles. The van der Waals surface area contributed by atoms with Gasteiger partial charge < -0.3 is 10.2 Å². The summed E-state index contributed by atoms with van der Waals surface area (Å²) in [6.07, 6.45) is 4.79. The molecule has 0 bridgehead atoms. The largest absolute Gasteiger partial charge is 0.312 e. The average Bonchev–Trinajstić information content (AvgIpc) is 3.15. The van der Waals surface area contributed by atoms with Crippen molar-refractivity contribution >= 4 is 35.8 Å². The Morgan fingerprint density at radius 3 is 2.88 bits per heavy atom. The van der Waals surface area contributed by atoms with E-state index in [-0.39, 0.29) is 35.6 Å². The Balaban J connectivity index is 0.00000169. The van der Waals surface area contributed by atoms with Gasteiger partial charge in [-0.05, 0) is 25.0 Å². The lowest BCUT2D eigenvalue weighted by Gasteiger charge is -2.27. The fourth-order valence-corrected chi connectivity index (χ4v) is 5.43. The van der Waals surface area contributed by atoms with Crippen molar-refractivity contribution in [1.29, 1.82) is 0 Å². The number of carbonyl (C=O) groups is 1. The summed E-state index contributed by atoms with van der Waals surface area (Å²) >= 11 is 1.90. The van der Waals surface area contributed by atoms with E-state index in [4.69, 9.17) is 0 Å². The van der Waals surface area contributed by atoms with Crippen molar-refractivity contribution in [3.05, 3.63) is 29.6 Å². The minimum atomic E-state index is -0.134. The van der Waals surface area contributed by atoms with Crippen molar-refractivity contribution < 1.29 is 9.18 Å². The second kappa shape index (κ2) is 7.22. The molecule has 132 valence electrons. The monoisotopic (exact) mass is 370 g/mol. The smallest absolute Gasteiger partial charge is 0.228 e. The summed E-state index contributed by atoms with van der Waals surface area (Å²) in [7, 11) is 0. The molecule has 2 heterocycles. The molecule has 1 aromatic rings. The van der Waals surface area contributed by atoms with E-state index in [1.54, 1.807) is 12.1 Å². The quantitative estimate of drug-likeness (QED) is 0.864. The van der Waals surface area contributed by atoms with Gasteiger partial charge >= 0.3 is 0 Å². The van der Waals surface area contributed by atoms with E-state index >= 15 is 0 Å². The summed E-state index contributed by atoms with van der Waals surface area (Å²) in [4.78, 5) is 14.7. The summed E-state index contributed by atoms with van der Waals surface area (Å²) in [5, 5.41) is 3.43. The summed E-state index contributed by atoms with van der Waals surface area (Å²) < 4.78 is 14.5. The molecule has 2 aliphatic heterocycles. The van der Waals surface area contributed by atoms with E-state index in [0.717, 1.165) is 55.0 Å². The van der Waals surface area contributed by atoms with E-state index in [0.29, 0.717) is 13.0 Å². The first-order chi connectivity index (χ1) is 11.2. The molecule has 3 nitrogen and oxygen atoms in total. The van der Waals surface area contributed by atoms with Gasteiger partial charge in [-0.25, -0.2) is 4.39 Å². The van der Waals surface area contributed by atoms with Crippen molar-refractivity contribution in [2.24, 2.45) is 0 Å². The fraction of sp³-hybridized carbons (Fsp3) is 0.611. The zero-order valence-corrected chi connectivity index (χ0v) is 15.4. The first-order valence-electron chi connectivity index (χ1n) is 8.60. The number of hydrogen-bond donors (Lipinski definition) is 1. The SMILES string of the molecule is Cl.O=C(CC1CSCCN1)N1CC2(CCCC2)c2c(F)cccc21. The molecule has 1 N–H and O–H groups in total. The van der Waals surface area contributed by atoms with Gasteiger partial charge in [-0.2, -0.15) is 11.8 Å². The van der Waals surface area contributed by atoms with Gasteiger partial charge in [0.25, 0.3) is 0 Å². The lowest BCUT2D eigenvalue weighted by atomic mass is 9.80. The highest BCUT2D eigenvalue weighted by Crippen LogP contribution is 2.51. The predicted molar refractivity (Wildman–Crippen MR) is 99.9 cm³/mol. The third kappa shape index (κ3) is 3.06. The summed E-state index contributed by atoms with van der Waals surface area (Å²) in [5.74, 6) is 2.11. The summed E-state index contributed by atoms with van der Waals surface area (Å²) in [5.41, 5.74) is 1.49. The maximum Gasteiger partial charge on any atom is 0.228 e. The summed E-state index contributed by atoms with van der Waals surface area (Å²) in [6, 6.07) is 5.45. The molecule has 1 unspecified atom stereocenters. The van der Waals surface area contributed by atoms with Crippen LogP contribution in [0.4, 0.5) is 10.1 Å². The molecule has 1 amide bonds.